The Kier molecular flexibility index (Phi) is 9.69. The predicted molar refractivity (Wildman–Crippen MR) is 173 cm³/mol. The Labute approximate surface area is 272 Å². The molecule has 0 saturated heterocycles. The number of ketones is 1. The van der Waals surface area contributed by atoms with Crippen LogP contribution in [0.4, 0.5) is 8.78 Å². The topological polar surface area (TPSA) is 98.5 Å². The zero-order chi connectivity index (χ0) is 31.8. The number of ether oxygens (including phenoxy) is 1. The van der Waals surface area contributed by atoms with Gasteiger partial charge in [-0.3, -0.25) is 4.79 Å². The molecule has 0 aliphatic heterocycles. The van der Waals surface area contributed by atoms with Gasteiger partial charge in [0.15, 0.2) is 5.78 Å². The van der Waals surface area contributed by atoms with Crippen molar-refractivity contribution < 1.29 is 26.7 Å². The van der Waals surface area contributed by atoms with Gasteiger partial charge in [0.05, 0.1) is 15.8 Å². The average Bonchev–Trinajstić information content (AvgIpc) is 3.59. The van der Waals surface area contributed by atoms with Gasteiger partial charge in [-0.15, -0.1) is 11.3 Å². The first-order valence-electron chi connectivity index (χ1n) is 15.8. The van der Waals surface area contributed by atoms with Crippen LogP contribution in [0.25, 0.3) is 10.4 Å². The molecule has 1 heterocycles. The molecule has 2 aromatic carbocycles. The lowest BCUT2D eigenvalue weighted by atomic mass is 9.72. The lowest BCUT2D eigenvalue weighted by Gasteiger charge is -2.36. The van der Waals surface area contributed by atoms with Crippen LogP contribution in [0.3, 0.4) is 0 Å². The highest BCUT2D eigenvalue weighted by atomic mass is 35.5. The number of carbonyl (C=O) groups is 1. The zero-order valence-electron chi connectivity index (χ0n) is 25.0. The van der Waals surface area contributed by atoms with E-state index in [1.165, 1.54) is 79.1 Å². The Morgan fingerprint density at radius 3 is 2.20 bits per heavy atom. The average molecular weight is 677 g/mol. The molecule has 6 rings (SSSR count). The molecule has 3 fully saturated rings. The van der Waals surface area contributed by atoms with Crippen molar-refractivity contribution in [2.24, 2.45) is 29.4 Å². The molecular weight excluding hydrogens is 638 g/mol. The third-order valence-corrected chi connectivity index (χ3v) is 12.6. The van der Waals surface area contributed by atoms with Gasteiger partial charge in [0, 0.05) is 22.4 Å². The highest BCUT2D eigenvalue weighted by molar-refractivity contribution is 7.89. The number of Topliss-reactive ketones (excluding diaryl/α,β-unsaturated/α-hetero) is 1. The van der Waals surface area contributed by atoms with Crippen LogP contribution in [0.2, 0.25) is 4.34 Å². The standard InChI is InChI=1S/C34H39ClF2N2O4S2/c35-30-17-16-29(44-30)22-8-10-25(11-9-22)34(36,37)33(32(40)31-23-6-7-24(31)19-26(38)18-23)39-45(41,42)28-14-12-27(13-15-28)43-20-21-4-2-1-3-5-21/h8-17,21,23-24,26,31,33,39H,1-7,18-20,38H2/t23?,24?,26?,31?,33-/m1/s1. The number of hydrogen-bond acceptors (Lipinski definition) is 6. The number of thiophene rings is 1. The molecule has 3 aromatic rings. The molecule has 0 amide bonds. The van der Waals surface area contributed by atoms with E-state index < -0.39 is 39.3 Å². The second-order valence-electron chi connectivity index (χ2n) is 12.9. The van der Waals surface area contributed by atoms with Crippen LogP contribution in [-0.2, 0) is 20.7 Å². The smallest absolute Gasteiger partial charge is 0.296 e. The SMILES string of the molecule is NC1CC2CCC(C1)C2C(=O)[C@@H](NS(=O)(=O)c1ccc(OCC2CCCCC2)cc1)C(F)(F)c1ccc(-c2ccc(Cl)s2)cc1. The van der Waals surface area contributed by atoms with E-state index in [4.69, 9.17) is 22.1 Å². The van der Waals surface area contributed by atoms with Gasteiger partial charge in [0.1, 0.15) is 11.8 Å². The van der Waals surface area contributed by atoms with Crippen molar-refractivity contribution in [2.75, 3.05) is 6.61 Å². The number of alkyl halides is 2. The quantitative estimate of drug-likeness (QED) is 0.216. The first-order valence-corrected chi connectivity index (χ1v) is 18.5. The minimum atomic E-state index is -4.50. The van der Waals surface area contributed by atoms with E-state index in [1.807, 2.05) is 0 Å². The minimum absolute atomic E-state index is 0.0839. The lowest BCUT2D eigenvalue weighted by molar-refractivity contribution is -0.139. The number of hydrogen-bond donors (Lipinski definition) is 2. The molecule has 3 aliphatic carbocycles. The summed E-state index contributed by atoms with van der Waals surface area (Å²) in [5.74, 6) is -4.56. The molecule has 0 radical (unpaired) electrons. The van der Waals surface area contributed by atoms with Crippen molar-refractivity contribution in [1.82, 2.24) is 4.72 Å². The van der Waals surface area contributed by atoms with Gasteiger partial charge in [-0.25, -0.2) is 8.42 Å². The van der Waals surface area contributed by atoms with Crippen LogP contribution >= 0.6 is 22.9 Å². The summed E-state index contributed by atoms with van der Waals surface area (Å²) in [4.78, 5) is 14.7. The second-order valence-corrected chi connectivity index (χ2v) is 16.3. The number of nitrogens with two attached hydrogens (primary N) is 1. The number of rotatable bonds is 11. The highest BCUT2D eigenvalue weighted by Crippen LogP contribution is 2.49. The van der Waals surface area contributed by atoms with Crippen LogP contribution < -0.4 is 15.2 Å². The Morgan fingerprint density at radius 1 is 0.956 bits per heavy atom. The first kappa shape index (κ1) is 32.6. The van der Waals surface area contributed by atoms with Crippen LogP contribution in [0.1, 0.15) is 63.4 Å². The third kappa shape index (κ3) is 7.15. The largest absolute Gasteiger partial charge is 0.493 e. The van der Waals surface area contributed by atoms with E-state index in [-0.39, 0.29) is 22.8 Å². The van der Waals surface area contributed by atoms with Crippen molar-refractivity contribution in [1.29, 1.82) is 0 Å². The molecule has 0 spiro atoms. The summed E-state index contributed by atoms with van der Waals surface area (Å²) in [6.45, 7) is 0.554. The van der Waals surface area contributed by atoms with E-state index in [2.05, 4.69) is 4.72 Å². The maximum Gasteiger partial charge on any atom is 0.296 e. The van der Waals surface area contributed by atoms with Crippen molar-refractivity contribution in [2.45, 2.75) is 80.7 Å². The maximum absolute atomic E-state index is 16.5. The van der Waals surface area contributed by atoms with Crippen LogP contribution in [-0.4, -0.2) is 32.9 Å². The van der Waals surface area contributed by atoms with Gasteiger partial charge in [0.2, 0.25) is 10.0 Å². The van der Waals surface area contributed by atoms with Crippen molar-refractivity contribution in [3.63, 3.8) is 0 Å². The number of fused-ring (bicyclic) bond motifs is 2. The van der Waals surface area contributed by atoms with Crippen molar-refractivity contribution in [3.8, 4) is 16.2 Å². The fraction of sp³-hybridized carbons (Fsp3) is 0.500. The van der Waals surface area contributed by atoms with E-state index in [0.717, 1.165) is 30.6 Å². The number of halogens is 3. The third-order valence-electron chi connectivity index (χ3n) is 9.86. The molecule has 45 heavy (non-hydrogen) atoms. The predicted octanol–water partition coefficient (Wildman–Crippen LogP) is 7.80. The summed E-state index contributed by atoms with van der Waals surface area (Å²) >= 11 is 7.37. The summed E-state index contributed by atoms with van der Waals surface area (Å²) in [6.07, 6.45) is 8.41. The van der Waals surface area contributed by atoms with E-state index in [0.29, 0.717) is 41.0 Å². The summed E-state index contributed by atoms with van der Waals surface area (Å²) in [6, 6.07) is 12.5. The van der Waals surface area contributed by atoms with Gasteiger partial charge < -0.3 is 10.5 Å². The van der Waals surface area contributed by atoms with Crippen molar-refractivity contribution in [3.05, 3.63) is 70.6 Å². The summed E-state index contributed by atoms with van der Waals surface area (Å²) < 4.78 is 68.9. The van der Waals surface area contributed by atoms with Gasteiger partial charge in [0.25, 0.3) is 5.92 Å². The van der Waals surface area contributed by atoms with Gasteiger partial charge >= 0.3 is 0 Å². The molecule has 3 atom stereocenters. The first-order chi connectivity index (χ1) is 21.5. The van der Waals surface area contributed by atoms with Crippen molar-refractivity contribution >= 4 is 38.7 Å². The van der Waals surface area contributed by atoms with Crippen LogP contribution in [0.5, 0.6) is 5.75 Å². The summed E-state index contributed by atoms with van der Waals surface area (Å²) in [7, 11) is -4.50. The molecule has 3 N–H and O–H groups in total. The fourth-order valence-electron chi connectivity index (χ4n) is 7.54. The Bertz CT molecular complexity index is 1580. The summed E-state index contributed by atoms with van der Waals surface area (Å²) in [5.41, 5.74) is 6.45. The molecule has 11 heteroatoms. The Morgan fingerprint density at radius 2 is 1.60 bits per heavy atom. The molecule has 2 bridgehead atoms. The van der Waals surface area contributed by atoms with Gasteiger partial charge in [-0.2, -0.15) is 13.5 Å². The molecule has 2 unspecified atom stereocenters. The fourth-order valence-corrected chi connectivity index (χ4v) is 9.80. The summed E-state index contributed by atoms with van der Waals surface area (Å²) in [5, 5.41) is 0. The van der Waals surface area contributed by atoms with Gasteiger partial charge in [-0.05, 0) is 98.2 Å². The molecular formula is C34H39ClF2N2O4S2. The number of carbonyl (C=O) groups excluding carboxylic acids is 1. The van der Waals surface area contributed by atoms with E-state index in [1.54, 1.807) is 12.1 Å². The normalized spacial score (nSPS) is 24.8. The molecule has 3 aliphatic rings. The molecule has 6 nitrogen and oxygen atoms in total. The minimum Gasteiger partial charge on any atom is -0.493 e. The van der Waals surface area contributed by atoms with E-state index >= 15 is 8.78 Å². The number of sulfonamides is 1. The Balaban J connectivity index is 1.26. The lowest BCUT2D eigenvalue weighted by Crippen LogP contribution is -2.55. The molecule has 1 aromatic heterocycles. The van der Waals surface area contributed by atoms with E-state index in [9.17, 15) is 13.2 Å². The van der Waals surface area contributed by atoms with Crippen LogP contribution in [0, 0.1) is 23.7 Å². The second kappa shape index (κ2) is 13.4. The molecule has 3 saturated carbocycles. The van der Waals surface area contributed by atoms with Crippen LogP contribution in [0.15, 0.2) is 65.6 Å². The molecule has 242 valence electrons. The maximum atomic E-state index is 16.5. The zero-order valence-corrected chi connectivity index (χ0v) is 27.4. The van der Waals surface area contributed by atoms with Gasteiger partial charge in [-0.1, -0.05) is 55.1 Å². The monoisotopic (exact) mass is 676 g/mol. The number of nitrogens with one attached hydrogen (secondary N) is 1. The Hall–Kier alpha value is -2.37. The highest BCUT2D eigenvalue weighted by Gasteiger charge is 2.54. The number of benzene rings is 2.